The van der Waals surface area contributed by atoms with Crippen LogP contribution >= 0.6 is 0 Å². The van der Waals surface area contributed by atoms with Crippen LogP contribution in [-0.4, -0.2) is 40.6 Å². The quantitative estimate of drug-likeness (QED) is 0.430. The van der Waals surface area contributed by atoms with Gasteiger partial charge in [0.25, 0.3) is 5.56 Å². The molecule has 8 heteroatoms. The summed E-state index contributed by atoms with van der Waals surface area (Å²) in [6.07, 6.45) is 0. The number of carbonyl (C=O) groups is 1. The van der Waals surface area contributed by atoms with Gasteiger partial charge in [-0.05, 0) is 67.2 Å². The molecule has 4 aromatic rings. The van der Waals surface area contributed by atoms with Gasteiger partial charge in [-0.1, -0.05) is 19.1 Å². The van der Waals surface area contributed by atoms with Crippen molar-refractivity contribution in [1.82, 2.24) is 14.5 Å². The van der Waals surface area contributed by atoms with Crippen molar-refractivity contribution in [3.63, 3.8) is 0 Å². The molecule has 3 aromatic carbocycles. The van der Waals surface area contributed by atoms with Crippen molar-refractivity contribution in [2.45, 2.75) is 13.5 Å². The van der Waals surface area contributed by atoms with Crippen LogP contribution in [-0.2, 0) is 11.3 Å². The average molecular weight is 461 g/mol. The van der Waals surface area contributed by atoms with Gasteiger partial charge in [-0.3, -0.25) is 19.1 Å². The first kappa shape index (κ1) is 23.1. The van der Waals surface area contributed by atoms with E-state index in [4.69, 9.17) is 9.72 Å². The maximum absolute atomic E-state index is 13.5. The van der Waals surface area contributed by atoms with Gasteiger partial charge in [0.1, 0.15) is 17.4 Å². The fourth-order valence-corrected chi connectivity index (χ4v) is 3.70. The molecule has 1 amide bonds. The third-order valence-corrected chi connectivity index (χ3v) is 5.48. The highest BCUT2D eigenvalue weighted by Gasteiger charge is 2.17. The molecule has 174 valence electrons. The lowest BCUT2D eigenvalue weighted by Crippen LogP contribution is -2.35. The SMILES string of the molecule is CCN(CC(=O)Nc1ccc(OC)cc1)Cc1nc2ccccc2c(=O)n1-c1ccc(F)cc1. The summed E-state index contributed by atoms with van der Waals surface area (Å²) in [5.41, 5.74) is 1.50. The van der Waals surface area contributed by atoms with Crippen molar-refractivity contribution in [1.29, 1.82) is 0 Å². The fourth-order valence-electron chi connectivity index (χ4n) is 3.70. The molecule has 0 saturated heterocycles. The lowest BCUT2D eigenvalue weighted by Gasteiger charge is -2.22. The van der Waals surface area contributed by atoms with Gasteiger partial charge >= 0.3 is 0 Å². The first-order chi connectivity index (χ1) is 16.5. The van der Waals surface area contributed by atoms with Crippen LogP contribution in [0.3, 0.4) is 0 Å². The van der Waals surface area contributed by atoms with Crippen molar-refractivity contribution < 1.29 is 13.9 Å². The number of hydrogen-bond acceptors (Lipinski definition) is 5. The van der Waals surface area contributed by atoms with E-state index in [1.165, 1.54) is 16.7 Å². The molecule has 4 rings (SSSR count). The van der Waals surface area contributed by atoms with Crippen LogP contribution in [0.5, 0.6) is 5.75 Å². The minimum atomic E-state index is -0.391. The minimum absolute atomic E-state index is 0.106. The number of nitrogens with one attached hydrogen (secondary N) is 1. The van der Waals surface area contributed by atoms with Gasteiger partial charge in [0.15, 0.2) is 0 Å². The molecule has 0 aliphatic rings. The van der Waals surface area contributed by atoms with Crippen LogP contribution in [0.1, 0.15) is 12.7 Å². The number of amides is 1. The van der Waals surface area contributed by atoms with Crippen LogP contribution in [0.15, 0.2) is 77.6 Å². The molecule has 1 N–H and O–H groups in total. The minimum Gasteiger partial charge on any atom is -0.497 e. The Kier molecular flexibility index (Phi) is 6.98. The number of likely N-dealkylation sites (N-methyl/N-ethyl adjacent to an activating group) is 1. The molecule has 0 spiro atoms. The van der Waals surface area contributed by atoms with Crippen LogP contribution in [0.25, 0.3) is 16.6 Å². The third kappa shape index (κ3) is 5.13. The Balaban J connectivity index is 1.62. The topological polar surface area (TPSA) is 76.5 Å². The summed E-state index contributed by atoms with van der Waals surface area (Å²) < 4.78 is 20.1. The molecule has 0 atom stereocenters. The van der Waals surface area contributed by atoms with E-state index in [2.05, 4.69) is 5.32 Å². The van der Waals surface area contributed by atoms with Crippen molar-refractivity contribution >= 4 is 22.5 Å². The number of aromatic nitrogens is 2. The van der Waals surface area contributed by atoms with Gasteiger partial charge in [-0.15, -0.1) is 0 Å². The molecular weight excluding hydrogens is 435 g/mol. The van der Waals surface area contributed by atoms with E-state index in [-0.39, 0.29) is 24.6 Å². The molecule has 0 aliphatic carbocycles. The van der Waals surface area contributed by atoms with Gasteiger partial charge in [-0.25, -0.2) is 9.37 Å². The smallest absolute Gasteiger partial charge is 0.266 e. The van der Waals surface area contributed by atoms with Crippen molar-refractivity contribution in [3.05, 3.63) is 94.8 Å². The highest BCUT2D eigenvalue weighted by molar-refractivity contribution is 5.92. The van der Waals surface area contributed by atoms with Crippen molar-refractivity contribution in [2.24, 2.45) is 0 Å². The van der Waals surface area contributed by atoms with Gasteiger partial charge in [0, 0.05) is 5.69 Å². The Labute approximate surface area is 196 Å². The van der Waals surface area contributed by atoms with Gasteiger partial charge in [0.2, 0.25) is 5.91 Å². The molecule has 34 heavy (non-hydrogen) atoms. The maximum Gasteiger partial charge on any atom is 0.266 e. The summed E-state index contributed by atoms with van der Waals surface area (Å²) in [5, 5.41) is 3.34. The molecular formula is C26H25FN4O3. The Morgan fingerprint density at radius 1 is 1.06 bits per heavy atom. The lowest BCUT2D eigenvalue weighted by atomic mass is 10.2. The first-order valence-corrected chi connectivity index (χ1v) is 10.9. The van der Waals surface area contributed by atoms with Gasteiger partial charge in [0.05, 0.1) is 36.8 Å². The Hall–Kier alpha value is -4.04. The van der Waals surface area contributed by atoms with Crippen LogP contribution in [0.4, 0.5) is 10.1 Å². The molecule has 0 fully saturated rings. The second kappa shape index (κ2) is 10.3. The predicted octanol–water partition coefficient (Wildman–Crippen LogP) is 3.99. The standard InChI is InChI=1S/C26H25FN4O3/c1-3-30(17-25(32)28-19-10-14-21(34-2)15-11-19)16-24-29-23-7-5-4-6-22(23)26(33)31(24)20-12-8-18(27)9-13-20/h4-15H,3,16-17H2,1-2H3,(H,28,32). The van der Waals surface area contributed by atoms with E-state index in [0.717, 1.165) is 0 Å². The second-order valence-electron chi connectivity index (χ2n) is 7.74. The van der Waals surface area contributed by atoms with E-state index < -0.39 is 5.82 Å². The predicted molar refractivity (Wildman–Crippen MR) is 130 cm³/mol. The first-order valence-electron chi connectivity index (χ1n) is 10.9. The van der Waals surface area contributed by atoms with Crippen molar-refractivity contribution in [3.8, 4) is 11.4 Å². The Bertz CT molecular complexity index is 1350. The summed E-state index contributed by atoms with van der Waals surface area (Å²) in [6.45, 7) is 2.85. The Morgan fingerprint density at radius 2 is 1.76 bits per heavy atom. The summed E-state index contributed by atoms with van der Waals surface area (Å²) in [6, 6.07) is 19.9. The van der Waals surface area contributed by atoms with Crippen molar-refractivity contribution in [2.75, 3.05) is 25.5 Å². The molecule has 0 aliphatic heterocycles. The number of benzene rings is 3. The zero-order valence-corrected chi connectivity index (χ0v) is 19.0. The van der Waals surface area contributed by atoms with Crippen LogP contribution in [0.2, 0.25) is 0 Å². The number of anilines is 1. The van der Waals surface area contributed by atoms with Crippen LogP contribution in [0, 0.1) is 5.82 Å². The zero-order valence-electron chi connectivity index (χ0n) is 19.0. The molecule has 0 saturated carbocycles. The van der Waals surface area contributed by atoms with E-state index in [1.54, 1.807) is 61.7 Å². The second-order valence-corrected chi connectivity index (χ2v) is 7.74. The molecule has 0 radical (unpaired) electrons. The van der Waals surface area contributed by atoms with E-state index >= 15 is 0 Å². The molecule has 1 heterocycles. The lowest BCUT2D eigenvalue weighted by molar-refractivity contribution is -0.117. The number of hydrogen-bond donors (Lipinski definition) is 1. The number of carbonyl (C=O) groups excluding carboxylic acids is 1. The van der Waals surface area contributed by atoms with Gasteiger partial charge < -0.3 is 10.1 Å². The number of fused-ring (bicyclic) bond motifs is 1. The van der Waals surface area contributed by atoms with Gasteiger partial charge in [-0.2, -0.15) is 0 Å². The fraction of sp³-hybridized carbons (Fsp3) is 0.192. The van der Waals surface area contributed by atoms with E-state index in [1.807, 2.05) is 17.9 Å². The summed E-state index contributed by atoms with van der Waals surface area (Å²) in [4.78, 5) is 32.6. The number of nitrogens with zero attached hydrogens (tertiary/aromatic N) is 3. The number of methoxy groups -OCH3 is 1. The molecule has 0 unspecified atom stereocenters. The number of rotatable bonds is 8. The average Bonchev–Trinajstić information content (AvgIpc) is 2.85. The summed E-state index contributed by atoms with van der Waals surface area (Å²) in [5.74, 6) is 0.588. The monoisotopic (exact) mass is 460 g/mol. The highest BCUT2D eigenvalue weighted by atomic mass is 19.1. The number of halogens is 1. The van der Waals surface area contributed by atoms with E-state index in [0.29, 0.717) is 40.4 Å². The maximum atomic E-state index is 13.5. The summed E-state index contributed by atoms with van der Waals surface area (Å²) >= 11 is 0. The Morgan fingerprint density at radius 3 is 2.44 bits per heavy atom. The largest absolute Gasteiger partial charge is 0.497 e. The zero-order chi connectivity index (χ0) is 24.1. The van der Waals surface area contributed by atoms with E-state index in [9.17, 15) is 14.0 Å². The highest BCUT2D eigenvalue weighted by Crippen LogP contribution is 2.17. The molecule has 1 aromatic heterocycles. The molecule has 7 nitrogen and oxygen atoms in total. The molecule has 0 bridgehead atoms. The van der Waals surface area contributed by atoms with Crippen LogP contribution < -0.4 is 15.6 Å². The summed E-state index contributed by atoms with van der Waals surface area (Å²) in [7, 11) is 1.58. The normalized spacial score (nSPS) is 11.1. The number of para-hydroxylation sites is 1. The number of ether oxygens (including phenoxy) is 1. The third-order valence-electron chi connectivity index (χ3n) is 5.48.